The van der Waals surface area contributed by atoms with Crippen molar-refractivity contribution in [2.75, 3.05) is 0 Å². The van der Waals surface area contributed by atoms with Crippen LogP contribution in [0.2, 0.25) is 0 Å². The zero-order chi connectivity index (χ0) is 16.3. The first-order chi connectivity index (χ1) is 10.8. The minimum Gasteiger partial charge on any atom is -0.481 e. The zero-order valence-electron chi connectivity index (χ0n) is 14.3. The van der Waals surface area contributed by atoms with Crippen molar-refractivity contribution in [1.29, 1.82) is 0 Å². The number of carboxylic acids is 1. The molecule has 0 atom stereocenters. The maximum Gasteiger partial charge on any atom is 0.303 e. The van der Waals surface area contributed by atoms with Gasteiger partial charge in [0.25, 0.3) is 0 Å². The summed E-state index contributed by atoms with van der Waals surface area (Å²) in [6.45, 7) is 2.19. The van der Waals surface area contributed by atoms with Gasteiger partial charge in [-0.3, -0.25) is 4.79 Å². The Morgan fingerprint density at radius 3 is 2.09 bits per heavy atom. The Bertz CT molecular complexity index is 327. The van der Waals surface area contributed by atoms with Crippen molar-refractivity contribution in [3.63, 3.8) is 0 Å². The second-order valence-corrected chi connectivity index (χ2v) is 5.76. The third kappa shape index (κ3) is 18.7. The number of carboxylic acid groups (broad SMARTS) is 1. The summed E-state index contributed by atoms with van der Waals surface area (Å²) < 4.78 is 0. The van der Waals surface area contributed by atoms with Crippen LogP contribution in [0.5, 0.6) is 0 Å². The fourth-order valence-electron chi connectivity index (χ4n) is 2.21. The molecular formula is C20H34O2. The van der Waals surface area contributed by atoms with E-state index in [9.17, 15) is 4.79 Å². The summed E-state index contributed by atoms with van der Waals surface area (Å²) in [4.78, 5) is 10.3. The van der Waals surface area contributed by atoms with E-state index in [-0.39, 0.29) is 0 Å². The van der Waals surface area contributed by atoms with Gasteiger partial charge in [0.15, 0.2) is 0 Å². The third-order valence-electron chi connectivity index (χ3n) is 3.54. The smallest absolute Gasteiger partial charge is 0.303 e. The van der Waals surface area contributed by atoms with Crippen molar-refractivity contribution >= 4 is 5.97 Å². The van der Waals surface area contributed by atoms with Gasteiger partial charge < -0.3 is 5.11 Å². The lowest BCUT2D eigenvalue weighted by Crippen LogP contribution is -1.93. The Morgan fingerprint density at radius 2 is 1.41 bits per heavy atom. The highest BCUT2D eigenvalue weighted by molar-refractivity contribution is 5.66. The van der Waals surface area contributed by atoms with Crippen molar-refractivity contribution in [2.45, 2.75) is 84.0 Å². The van der Waals surface area contributed by atoms with Gasteiger partial charge in [-0.05, 0) is 32.1 Å². The molecule has 22 heavy (non-hydrogen) atoms. The molecule has 2 nitrogen and oxygen atoms in total. The molecular weight excluding hydrogens is 272 g/mol. The van der Waals surface area contributed by atoms with Crippen LogP contribution in [-0.4, -0.2) is 11.1 Å². The summed E-state index contributed by atoms with van der Waals surface area (Å²) in [6, 6.07) is 0. The van der Waals surface area contributed by atoms with Gasteiger partial charge in [-0.2, -0.15) is 0 Å². The van der Waals surface area contributed by atoms with Gasteiger partial charge >= 0.3 is 5.97 Å². The number of carbonyl (C=O) groups is 1. The Hall–Kier alpha value is -1.31. The highest BCUT2D eigenvalue weighted by Gasteiger charge is 1.96. The summed E-state index contributed by atoms with van der Waals surface area (Å²) >= 11 is 0. The van der Waals surface area contributed by atoms with Gasteiger partial charge in [0.05, 0.1) is 0 Å². The topological polar surface area (TPSA) is 37.3 Å². The van der Waals surface area contributed by atoms with Gasteiger partial charge in [0.2, 0.25) is 0 Å². The van der Waals surface area contributed by atoms with Crippen molar-refractivity contribution in [3.8, 4) is 0 Å². The summed E-state index contributed by atoms with van der Waals surface area (Å²) in [5, 5.41) is 8.53. The summed E-state index contributed by atoms with van der Waals surface area (Å²) in [5.41, 5.74) is 0. The second kappa shape index (κ2) is 17.7. The standard InChI is InChI=1S/C20H34O2/c1-2-3-4-5-6-7-8-9-10-11-12-13-14-15-16-17-18-19-20(21)22/h4-7,9-10H,2-3,8,11-19H2,1H3,(H,21,22). The molecule has 1 N–H and O–H groups in total. The highest BCUT2D eigenvalue weighted by Crippen LogP contribution is 2.10. The van der Waals surface area contributed by atoms with Crippen LogP contribution < -0.4 is 0 Å². The van der Waals surface area contributed by atoms with E-state index in [1.807, 2.05) is 0 Å². The summed E-state index contributed by atoms with van der Waals surface area (Å²) in [6.07, 6.45) is 26.3. The predicted molar refractivity (Wildman–Crippen MR) is 96.1 cm³/mol. The first-order valence-electron chi connectivity index (χ1n) is 8.95. The van der Waals surface area contributed by atoms with Crippen LogP contribution in [0.4, 0.5) is 0 Å². The van der Waals surface area contributed by atoms with Gasteiger partial charge in [-0.25, -0.2) is 0 Å². The molecule has 0 aliphatic heterocycles. The van der Waals surface area contributed by atoms with Crippen molar-refractivity contribution in [1.82, 2.24) is 0 Å². The van der Waals surface area contributed by atoms with E-state index >= 15 is 0 Å². The fraction of sp³-hybridized carbons (Fsp3) is 0.650. The lowest BCUT2D eigenvalue weighted by molar-refractivity contribution is -0.137. The third-order valence-corrected chi connectivity index (χ3v) is 3.54. The number of hydrogen-bond donors (Lipinski definition) is 1. The molecule has 0 fully saturated rings. The van der Waals surface area contributed by atoms with Crippen LogP contribution in [0.3, 0.4) is 0 Å². The molecule has 2 heteroatoms. The Kier molecular flexibility index (Phi) is 16.7. The number of aliphatic carboxylic acids is 1. The van der Waals surface area contributed by atoms with Gasteiger partial charge in [-0.1, -0.05) is 81.9 Å². The highest BCUT2D eigenvalue weighted by atomic mass is 16.4. The molecule has 0 aromatic rings. The monoisotopic (exact) mass is 306 g/mol. The predicted octanol–water partition coefficient (Wildman–Crippen LogP) is 6.44. The molecule has 0 heterocycles. The number of allylic oxidation sites excluding steroid dienone is 6. The fourth-order valence-corrected chi connectivity index (χ4v) is 2.21. The van der Waals surface area contributed by atoms with E-state index in [4.69, 9.17) is 5.11 Å². The van der Waals surface area contributed by atoms with E-state index in [2.05, 4.69) is 43.4 Å². The number of rotatable bonds is 15. The van der Waals surface area contributed by atoms with Gasteiger partial charge in [0, 0.05) is 6.42 Å². The minimum absolute atomic E-state index is 0.327. The Morgan fingerprint density at radius 1 is 0.773 bits per heavy atom. The van der Waals surface area contributed by atoms with Crippen molar-refractivity contribution in [3.05, 3.63) is 36.5 Å². The van der Waals surface area contributed by atoms with E-state index in [1.54, 1.807) is 0 Å². The maximum atomic E-state index is 10.3. The molecule has 0 saturated carbocycles. The summed E-state index contributed by atoms with van der Waals surface area (Å²) in [7, 11) is 0. The van der Waals surface area contributed by atoms with Crippen LogP contribution in [0, 0.1) is 0 Å². The second-order valence-electron chi connectivity index (χ2n) is 5.76. The molecule has 0 saturated heterocycles. The largest absolute Gasteiger partial charge is 0.481 e. The molecule has 126 valence electrons. The van der Waals surface area contributed by atoms with E-state index in [0.29, 0.717) is 6.42 Å². The van der Waals surface area contributed by atoms with Crippen LogP contribution in [0.15, 0.2) is 36.5 Å². The van der Waals surface area contributed by atoms with Gasteiger partial charge in [-0.15, -0.1) is 0 Å². The normalized spacial score (nSPS) is 12.0. The average Bonchev–Trinajstić information content (AvgIpc) is 2.50. The lowest BCUT2D eigenvalue weighted by Gasteiger charge is -2.00. The quantitative estimate of drug-likeness (QED) is 0.215. The number of hydrogen-bond acceptors (Lipinski definition) is 1. The first kappa shape index (κ1) is 20.7. The average molecular weight is 306 g/mol. The zero-order valence-corrected chi connectivity index (χ0v) is 14.3. The van der Waals surface area contributed by atoms with Crippen molar-refractivity contribution in [2.24, 2.45) is 0 Å². The molecule has 0 bridgehead atoms. The van der Waals surface area contributed by atoms with Crippen molar-refractivity contribution < 1.29 is 9.90 Å². The van der Waals surface area contributed by atoms with Gasteiger partial charge in [0.1, 0.15) is 0 Å². The van der Waals surface area contributed by atoms with Crippen LogP contribution in [0.1, 0.15) is 84.0 Å². The van der Waals surface area contributed by atoms with Crippen LogP contribution in [0.25, 0.3) is 0 Å². The molecule has 0 aliphatic rings. The molecule has 0 rings (SSSR count). The maximum absolute atomic E-state index is 10.3. The number of unbranched alkanes of at least 4 members (excludes halogenated alkanes) is 8. The van der Waals surface area contributed by atoms with Crippen LogP contribution >= 0.6 is 0 Å². The molecule has 0 unspecified atom stereocenters. The van der Waals surface area contributed by atoms with E-state index < -0.39 is 5.97 Å². The minimum atomic E-state index is -0.668. The molecule has 0 aliphatic carbocycles. The Labute approximate surface area is 137 Å². The lowest BCUT2D eigenvalue weighted by atomic mass is 10.1. The summed E-state index contributed by atoms with van der Waals surface area (Å²) in [5.74, 6) is -0.668. The van der Waals surface area contributed by atoms with E-state index in [1.165, 1.54) is 51.4 Å². The first-order valence-corrected chi connectivity index (χ1v) is 8.95. The van der Waals surface area contributed by atoms with Crippen LogP contribution in [-0.2, 0) is 4.79 Å². The van der Waals surface area contributed by atoms with E-state index in [0.717, 1.165) is 19.3 Å². The Balaban J connectivity index is 3.22. The molecule has 0 spiro atoms. The molecule has 0 aromatic carbocycles. The molecule has 0 radical (unpaired) electrons. The molecule has 0 amide bonds. The SMILES string of the molecule is CCCC=CC=CCC=CCCCCCCCCCC(=O)O. The molecule has 0 aromatic heterocycles.